The van der Waals surface area contributed by atoms with Gasteiger partial charge in [-0.05, 0) is 18.9 Å². The molecular weight excluding hydrogens is 276 g/mol. The number of aryl methyl sites for hydroxylation is 1. The molecule has 110 valence electrons. The van der Waals surface area contributed by atoms with Crippen LogP contribution in [0.3, 0.4) is 0 Å². The number of nitro groups is 1. The fraction of sp³-hybridized carbons (Fsp3) is 0.385. The van der Waals surface area contributed by atoms with E-state index in [1.54, 1.807) is 6.07 Å². The molecule has 2 aromatic rings. The number of aromatic nitrogens is 2. The number of β-amino-alcohol motifs (C(OH)–C–C–N with tert-alkyl or cyclic N) is 1. The molecule has 1 aromatic heterocycles. The first-order chi connectivity index (χ1) is 10.0. The zero-order chi connectivity index (χ0) is 15.0. The van der Waals surface area contributed by atoms with E-state index < -0.39 is 11.0 Å². The van der Waals surface area contributed by atoms with Crippen LogP contribution in [0.5, 0.6) is 0 Å². The Morgan fingerprint density at radius 3 is 3.00 bits per heavy atom. The smallest absolute Gasteiger partial charge is 0.270 e. The number of nitro benzene ring substituents is 1. The third-order valence-electron chi connectivity index (χ3n) is 3.52. The third kappa shape index (κ3) is 2.63. The van der Waals surface area contributed by atoms with Crippen LogP contribution in [0.15, 0.2) is 22.7 Å². The molecule has 8 heteroatoms. The van der Waals surface area contributed by atoms with Crippen molar-refractivity contribution in [2.45, 2.75) is 25.5 Å². The highest BCUT2D eigenvalue weighted by molar-refractivity contribution is 5.63. The van der Waals surface area contributed by atoms with Crippen molar-refractivity contribution in [3.05, 3.63) is 39.8 Å². The van der Waals surface area contributed by atoms with Gasteiger partial charge in [-0.2, -0.15) is 4.98 Å². The van der Waals surface area contributed by atoms with Crippen LogP contribution in [0.2, 0.25) is 0 Å². The lowest BCUT2D eigenvalue weighted by Crippen LogP contribution is -2.15. The number of hydrogen-bond donors (Lipinski definition) is 2. The van der Waals surface area contributed by atoms with Gasteiger partial charge in [-0.15, -0.1) is 0 Å². The van der Waals surface area contributed by atoms with Crippen molar-refractivity contribution >= 4 is 5.69 Å². The maximum absolute atomic E-state index is 10.8. The second-order valence-corrected chi connectivity index (χ2v) is 5.06. The molecular formula is C13H14N4O4. The molecule has 2 heterocycles. The molecule has 0 unspecified atom stereocenters. The van der Waals surface area contributed by atoms with Gasteiger partial charge in [0.15, 0.2) is 0 Å². The average Bonchev–Trinajstić information content (AvgIpc) is 3.07. The molecule has 0 spiro atoms. The van der Waals surface area contributed by atoms with Gasteiger partial charge in [-0.1, -0.05) is 11.2 Å². The van der Waals surface area contributed by atoms with Gasteiger partial charge in [0.1, 0.15) is 0 Å². The number of benzene rings is 1. The minimum Gasteiger partial charge on any atom is -0.392 e. The Hall–Kier alpha value is -2.32. The van der Waals surface area contributed by atoms with Gasteiger partial charge >= 0.3 is 0 Å². The molecule has 0 bridgehead atoms. The summed E-state index contributed by atoms with van der Waals surface area (Å²) in [6, 6.07) is 4.34. The van der Waals surface area contributed by atoms with Crippen LogP contribution < -0.4 is 5.32 Å². The summed E-state index contributed by atoms with van der Waals surface area (Å²) < 4.78 is 5.20. The van der Waals surface area contributed by atoms with Crippen LogP contribution in [0.25, 0.3) is 11.4 Å². The van der Waals surface area contributed by atoms with Gasteiger partial charge in [-0.25, -0.2) is 0 Å². The van der Waals surface area contributed by atoms with Crippen LogP contribution in [-0.2, 0) is 0 Å². The van der Waals surface area contributed by atoms with Crippen molar-refractivity contribution < 1.29 is 14.6 Å². The van der Waals surface area contributed by atoms with Crippen LogP contribution in [0, 0.1) is 17.0 Å². The zero-order valence-electron chi connectivity index (χ0n) is 11.3. The molecule has 2 N–H and O–H groups in total. The lowest BCUT2D eigenvalue weighted by atomic mass is 10.1. The molecule has 0 radical (unpaired) electrons. The summed E-state index contributed by atoms with van der Waals surface area (Å²) >= 11 is 0. The Balaban J connectivity index is 1.92. The summed E-state index contributed by atoms with van der Waals surface area (Å²) in [6.45, 7) is 2.31. The minimum atomic E-state index is -0.460. The molecule has 8 nitrogen and oxygen atoms in total. The normalized spacial score (nSPS) is 21.6. The first-order valence-electron chi connectivity index (χ1n) is 6.55. The Labute approximate surface area is 119 Å². The first kappa shape index (κ1) is 13.7. The van der Waals surface area contributed by atoms with E-state index in [4.69, 9.17) is 4.52 Å². The van der Waals surface area contributed by atoms with Gasteiger partial charge < -0.3 is 14.9 Å². The number of nitrogens with one attached hydrogen (secondary N) is 1. The van der Waals surface area contributed by atoms with Crippen molar-refractivity contribution in [2.75, 3.05) is 6.54 Å². The summed E-state index contributed by atoms with van der Waals surface area (Å²) in [5, 5.41) is 27.3. The average molecular weight is 290 g/mol. The van der Waals surface area contributed by atoms with Gasteiger partial charge in [0.05, 0.1) is 17.1 Å². The van der Waals surface area contributed by atoms with E-state index >= 15 is 0 Å². The fourth-order valence-electron chi connectivity index (χ4n) is 2.36. The van der Waals surface area contributed by atoms with E-state index in [0.717, 1.165) is 5.56 Å². The maximum atomic E-state index is 10.8. The third-order valence-corrected chi connectivity index (χ3v) is 3.52. The van der Waals surface area contributed by atoms with Gasteiger partial charge in [0.25, 0.3) is 5.69 Å². The van der Waals surface area contributed by atoms with E-state index in [1.807, 2.05) is 6.92 Å². The summed E-state index contributed by atoms with van der Waals surface area (Å²) in [4.78, 5) is 14.7. The van der Waals surface area contributed by atoms with Crippen LogP contribution >= 0.6 is 0 Å². The Bertz CT molecular complexity index is 685. The molecule has 21 heavy (non-hydrogen) atoms. The quantitative estimate of drug-likeness (QED) is 0.647. The highest BCUT2D eigenvalue weighted by Crippen LogP contribution is 2.28. The Kier molecular flexibility index (Phi) is 3.40. The van der Waals surface area contributed by atoms with Crippen LogP contribution in [0.1, 0.15) is 23.9 Å². The van der Waals surface area contributed by atoms with E-state index in [0.29, 0.717) is 30.2 Å². The van der Waals surface area contributed by atoms with Crippen molar-refractivity contribution in [3.8, 4) is 11.4 Å². The SMILES string of the molecule is Cc1ccc([N+](=O)[O-])cc1-c1noc([C@H]2C[C@@H](O)CN2)n1. The van der Waals surface area contributed by atoms with Gasteiger partial charge in [0, 0.05) is 24.2 Å². The van der Waals surface area contributed by atoms with E-state index in [1.165, 1.54) is 12.1 Å². The van der Waals surface area contributed by atoms with Crippen LogP contribution in [0.4, 0.5) is 5.69 Å². The van der Waals surface area contributed by atoms with Crippen molar-refractivity contribution in [3.63, 3.8) is 0 Å². The zero-order valence-corrected chi connectivity index (χ0v) is 11.3. The molecule has 1 aliphatic rings. The molecule has 3 rings (SSSR count). The maximum Gasteiger partial charge on any atom is 0.270 e. The number of hydrogen-bond acceptors (Lipinski definition) is 7. The summed E-state index contributed by atoms with van der Waals surface area (Å²) in [5.41, 5.74) is 1.38. The highest BCUT2D eigenvalue weighted by atomic mass is 16.6. The monoisotopic (exact) mass is 290 g/mol. The summed E-state index contributed by atoms with van der Waals surface area (Å²) in [7, 11) is 0. The van der Waals surface area contributed by atoms with Gasteiger partial charge in [-0.3, -0.25) is 10.1 Å². The van der Waals surface area contributed by atoms with Crippen molar-refractivity contribution in [1.29, 1.82) is 0 Å². The largest absolute Gasteiger partial charge is 0.392 e. The minimum absolute atomic E-state index is 0.0173. The number of non-ortho nitro benzene ring substituents is 1. The number of nitrogens with zero attached hydrogens (tertiary/aromatic N) is 3. The number of aliphatic hydroxyl groups is 1. The standard InChI is InChI=1S/C13H14N4O4/c1-7-2-3-8(17(19)20)4-10(7)12-15-13(21-16-12)11-5-9(18)6-14-11/h2-4,9,11,14,18H,5-6H2,1H3/t9-,11-/m1/s1. The Morgan fingerprint density at radius 2 is 2.33 bits per heavy atom. The van der Waals surface area contributed by atoms with Gasteiger partial charge in [0.2, 0.25) is 11.7 Å². The number of aliphatic hydroxyl groups excluding tert-OH is 1. The van der Waals surface area contributed by atoms with Crippen LogP contribution in [-0.4, -0.2) is 32.8 Å². The summed E-state index contributed by atoms with van der Waals surface area (Å²) in [6.07, 6.45) is 0.0835. The molecule has 1 aliphatic heterocycles. The second-order valence-electron chi connectivity index (χ2n) is 5.06. The Morgan fingerprint density at radius 1 is 1.52 bits per heavy atom. The first-order valence-corrected chi connectivity index (χ1v) is 6.55. The highest BCUT2D eigenvalue weighted by Gasteiger charge is 2.28. The fourth-order valence-corrected chi connectivity index (χ4v) is 2.36. The topological polar surface area (TPSA) is 114 Å². The molecule has 0 saturated carbocycles. The second kappa shape index (κ2) is 5.23. The molecule has 1 aromatic carbocycles. The van der Waals surface area contributed by atoms with Crippen molar-refractivity contribution in [2.24, 2.45) is 0 Å². The molecule has 2 atom stereocenters. The van der Waals surface area contributed by atoms with E-state index in [9.17, 15) is 15.2 Å². The van der Waals surface area contributed by atoms with E-state index in [-0.39, 0.29) is 11.7 Å². The van der Waals surface area contributed by atoms with E-state index in [2.05, 4.69) is 15.5 Å². The predicted octanol–water partition coefficient (Wildman–Crippen LogP) is 1.35. The lowest BCUT2D eigenvalue weighted by Gasteiger charge is -2.02. The molecule has 1 fully saturated rings. The molecule has 1 saturated heterocycles. The molecule has 0 amide bonds. The summed E-state index contributed by atoms with van der Waals surface area (Å²) in [5.74, 6) is 0.696. The number of rotatable bonds is 3. The predicted molar refractivity (Wildman–Crippen MR) is 72.5 cm³/mol. The van der Waals surface area contributed by atoms with Crippen molar-refractivity contribution in [1.82, 2.24) is 15.5 Å². The molecule has 0 aliphatic carbocycles. The lowest BCUT2D eigenvalue weighted by molar-refractivity contribution is -0.384.